The third-order valence-corrected chi connectivity index (χ3v) is 4.08. The van der Waals surface area contributed by atoms with Crippen LogP contribution in [0.2, 0.25) is 0 Å². The summed E-state index contributed by atoms with van der Waals surface area (Å²) in [7, 11) is 1.50. The van der Waals surface area contributed by atoms with E-state index >= 15 is 0 Å². The number of nitrogens with two attached hydrogens (primary N) is 1. The number of fused-ring (bicyclic) bond motifs is 1. The minimum atomic E-state index is 0.664. The van der Waals surface area contributed by atoms with E-state index in [2.05, 4.69) is 26.5 Å². The maximum absolute atomic E-state index is 4.50. The Balaban J connectivity index is 0.000000281. The highest BCUT2D eigenvalue weighted by Crippen LogP contribution is 2.71. The van der Waals surface area contributed by atoms with E-state index < -0.39 is 0 Å². The lowest BCUT2D eigenvalue weighted by atomic mass is 9.78. The average Bonchev–Trinajstić information content (AvgIpc) is 2.59. The largest absolute Gasteiger partial charge is 0.333 e. The fraction of sp³-hybridized carbons (Fsp3) is 1.00. The molecule has 0 amide bonds. The number of hydrogen-bond donors (Lipinski definition) is 1. The minimum Gasteiger partial charge on any atom is -0.333 e. The molecule has 2 aliphatic rings. The molecule has 2 rings (SSSR count). The standard InChI is InChI=1S/C9H16.CH5N/c1-8(2)5-4-7-6-9(7,8)3;1-2/h7H,4-6H2,1-3H3;2H2,1H3. The zero-order valence-corrected chi connectivity index (χ0v) is 8.28. The Morgan fingerprint density at radius 3 is 1.82 bits per heavy atom. The van der Waals surface area contributed by atoms with Crippen molar-refractivity contribution in [3.05, 3.63) is 0 Å². The van der Waals surface area contributed by atoms with Crippen molar-refractivity contribution in [2.45, 2.75) is 40.0 Å². The fourth-order valence-electron chi connectivity index (χ4n) is 2.52. The van der Waals surface area contributed by atoms with Gasteiger partial charge in [0, 0.05) is 0 Å². The van der Waals surface area contributed by atoms with E-state index in [0.717, 1.165) is 11.3 Å². The molecule has 0 radical (unpaired) electrons. The van der Waals surface area contributed by atoms with Crippen LogP contribution in [0.3, 0.4) is 0 Å². The first-order valence-electron chi connectivity index (χ1n) is 4.64. The highest BCUT2D eigenvalue weighted by Gasteiger charge is 2.62. The molecule has 2 fully saturated rings. The van der Waals surface area contributed by atoms with E-state index in [1.165, 1.54) is 26.3 Å². The van der Waals surface area contributed by atoms with E-state index in [1.807, 2.05) is 0 Å². The van der Waals surface area contributed by atoms with Crippen LogP contribution in [0.4, 0.5) is 0 Å². The molecule has 1 nitrogen and oxygen atoms in total. The van der Waals surface area contributed by atoms with Crippen molar-refractivity contribution in [1.29, 1.82) is 0 Å². The maximum Gasteiger partial charge on any atom is -0.0195 e. The highest BCUT2D eigenvalue weighted by molar-refractivity contribution is 5.12. The molecule has 0 aromatic rings. The molecule has 0 saturated heterocycles. The molecule has 2 unspecified atom stereocenters. The molecule has 11 heavy (non-hydrogen) atoms. The molecule has 2 saturated carbocycles. The Labute approximate surface area is 70.4 Å². The molecule has 0 heterocycles. The zero-order chi connectivity index (χ0) is 8.70. The maximum atomic E-state index is 4.50. The van der Waals surface area contributed by atoms with Gasteiger partial charge in [0.25, 0.3) is 0 Å². The van der Waals surface area contributed by atoms with E-state index in [0.29, 0.717) is 5.41 Å². The van der Waals surface area contributed by atoms with Gasteiger partial charge in [-0.1, -0.05) is 20.8 Å². The van der Waals surface area contributed by atoms with Gasteiger partial charge in [-0.15, -0.1) is 0 Å². The van der Waals surface area contributed by atoms with Gasteiger partial charge in [-0.05, 0) is 43.1 Å². The SMILES string of the molecule is CC1(C)CCC2CC21C.CN. The molecule has 0 bridgehead atoms. The van der Waals surface area contributed by atoms with Crippen LogP contribution in [0.5, 0.6) is 0 Å². The molecule has 2 aliphatic carbocycles. The third kappa shape index (κ3) is 1.10. The van der Waals surface area contributed by atoms with Crippen molar-refractivity contribution in [1.82, 2.24) is 0 Å². The summed E-state index contributed by atoms with van der Waals surface area (Å²) in [6, 6.07) is 0. The Morgan fingerprint density at radius 1 is 1.18 bits per heavy atom. The summed E-state index contributed by atoms with van der Waals surface area (Å²) in [4.78, 5) is 0. The quantitative estimate of drug-likeness (QED) is 0.571. The summed E-state index contributed by atoms with van der Waals surface area (Å²) >= 11 is 0. The summed E-state index contributed by atoms with van der Waals surface area (Å²) in [6.45, 7) is 7.32. The third-order valence-electron chi connectivity index (χ3n) is 4.08. The molecule has 0 aromatic heterocycles. The molecule has 66 valence electrons. The van der Waals surface area contributed by atoms with E-state index in [4.69, 9.17) is 0 Å². The van der Waals surface area contributed by atoms with Gasteiger partial charge in [0.15, 0.2) is 0 Å². The van der Waals surface area contributed by atoms with Crippen LogP contribution in [0.1, 0.15) is 40.0 Å². The molecular weight excluding hydrogens is 134 g/mol. The predicted molar refractivity (Wildman–Crippen MR) is 49.3 cm³/mol. The lowest BCUT2D eigenvalue weighted by molar-refractivity contribution is 0.226. The predicted octanol–water partition coefficient (Wildman–Crippen LogP) is 2.41. The number of hydrogen-bond acceptors (Lipinski definition) is 1. The van der Waals surface area contributed by atoms with E-state index in [1.54, 1.807) is 0 Å². The Hall–Kier alpha value is -0.0400. The van der Waals surface area contributed by atoms with Gasteiger partial charge in [0.2, 0.25) is 0 Å². The smallest absolute Gasteiger partial charge is 0.0195 e. The second-order valence-corrected chi connectivity index (χ2v) is 4.74. The van der Waals surface area contributed by atoms with Crippen LogP contribution >= 0.6 is 0 Å². The molecule has 0 aliphatic heterocycles. The Bertz CT molecular complexity index is 146. The van der Waals surface area contributed by atoms with Crippen LogP contribution in [0, 0.1) is 16.7 Å². The van der Waals surface area contributed by atoms with Gasteiger partial charge >= 0.3 is 0 Å². The Kier molecular flexibility index (Phi) is 2.04. The van der Waals surface area contributed by atoms with Gasteiger partial charge in [0.1, 0.15) is 0 Å². The first-order chi connectivity index (χ1) is 5.06. The summed E-state index contributed by atoms with van der Waals surface area (Å²) in [5.41, 5.74) is 5.92. The first kappa shape index (κ1) is 9.05. The van der Waals surface area contributed by atoms with Gasteiger partial charge in [-0.3, -0.25) is 0 Å². The Morgan fingerprint density at radius 2 is 1.73 bits per heavy atom. The van der Waals surface area contributed by atoms with Crippen molar-refractivity contribution in [3.63, 3.8) is 0 Å². The minimum absolute atomic E-state index is 0.664. The van der Waals surface area contributed by atoms with Gasteiger partial charge in [0.05, 0.1) is 0 Å². The molecule has 2 atom stereocenters. The first-order valence-corrected chi connectivity index (χ1v) is 4.64. The van der Waals surface area contributed by atoms with Gasteiger partial charge in [-0.2, -0.15) is 0 Å². The zero-order valence-electron chi connectivity index (χ0n) is 8.28. The number of rotatable bonds is 0. The van der Waals surface area contributed by atoms with Crippen molar-refractivity contribution in [3.8, 4) is 0 Å². The van der Waals surface area contributed by atoms with Crippen molar-refractivity contribution in [2.24, 2.45) is 22.5 Å². The van der Waals surface area contributed by atoms with Crippen LogP contribution in [-0.2, 0) is 0 Å². The van der Waals surface area contributed by atoms with E-state index in [9.17, 15) is 0 Å². The fourth-order valence-corrected chi connectivity index (χ4v) is 2.52. The summed E-state index contributed by atoms with van der Waals surface area (Å²) < 4.78 is 0. The lowest BCUT2D eigenvalue weighted by Gasteiger charge is -2.27. The molecule has 0 spiro atoms. The highest BCUT2D eigenvalue weighted by atomic mass is 14.7. The van der Waals surface area contributed by atoms with Crippen molar-refractivity contribution >= 4 is 0 Å². The molecule has 1 heteroatoms. The molecular formula is C10H21N. The summed E-state index contributed by atoms with van der Waals surface area (Å²) in [6.07, 6.45) is 4.48. The normalized spacial score (nSPS) is 43.9. The van der Waals surface area contributed by atoms with Crippen molar-refractivity contribution in [2.75, 3.05) is 7.05 Å². The topological polar surface area (TPSA) is 26.0 Å². The van der Waals surface area contributed by atoms with Crippen molar-refractivity contribution < 1.29 is 0 Å². The summed E-state index contributed by atoms with van der Waals surface area (Å²) in [5.74, 6) is 1.10. The second-order valence-electron chi connectivity index (χ2n) is 4.74. The lowest BCUT2D eigenvalue weighted by Crippen LogP contribution is -2.18. The van der Waals surface area contributed by atoms with Gasteiger partial charge in [-0.25, -0.2) is 0 Å². The van der Waals surface area contributed by atoms with E-state index in [-0.39, 0.29) is 0 Å². The average molecular weight is 155 g/mol. The van der Waals surface area contributed by atoms with Crippen LogP contribution in [0.25, 0.3) is 0 Å². The van der Waals surface area contributed by atoms with Gasteiger partial charge < -0.3 is 5.73 Å². The molecule has 2 N–H and O–H groups in total. The van der Waals surface area contributed by atoms with Crippen LogP contribution in [0.15, 0.2) is 0 Å². The van der Waals surface area contributed by atoms with Crippen LogP contribution < -0.4 is 5.73 Å². The summed E-state index contributed by atoms with van der Waals surface area (Å²) in [5, 5.41) is 0. The second kappa shape index (κ2) is 2.48. The van der Waals surface area contributed by atoms with Crippen LogP contribution in [-0.4, -0.2) is 7.05 Å². The monoisotopic (exact) mass is 155 g/mol. The molecule has 0 aromatic carbocycles.